The topological polar surface area (TPSA) is 57.5 Å². The molecule has 80 valence electrons. The molecule has 0 spiro atoms. The Balaban J connectivity index is 1.95. The number of carbonyl (C=O) groups is 1. The van der Waals surface area contributed by atoms with Crippen LogP contribution in [0.3, 0.4) is 0 Å². The fourth-order valence-corrected chi connectivity index (χ4v) is 1.98. The van der Waals surface area contributed by atoms with Crippen molar-refractivity contribution >= 4 is 5.97 Å². The van der Waals surface area contributed by atoms with E-state index in [9.17, 15) is 4.79 Å². The summed E-state index contributed by atoms with van der Waals surface area (Å²) in [5, 5.41) is 17.9. The molecule has 2 N–H and O–H groups in total. The lowest BCUT2D eigenvalue weighted by molar-refractivity contribution is 0.0432. The van der Waals surface area contributed by atoms with Crippen molar-refractivity contribution in [3.05, 3.63) is 35.4 Å². The predicted octanol–water partition coefficient (Wildman–Crippen LogP) is 1.70. The van der Waals surface area contributed by atoms with E-state index in [-0.39, 0.29) is 6.10 Å². The van der Waals surface area contributed by atoms with Gasteiger partial charge in [0, 0.05) is 0 Å². The molecule has 0 aromatic heterocycles. The van der Waals surface area contributed by atoms with Crippen LogP contribution in [0.5, 0.6) is 0 Å². The highest BCUT2D eigenvalue weighted by Gasteiger charge is 2.26. The first-order chi connectivity index (χ1) is 7.15. The largest absolute Gasteiger partial charge is 0.478 e. The minimum absolute atomic E-state index is 0.117. The van der Waals surface area contributed by atoms with Crippen molar-refractivity contribution < 1.29 is 15.0 Å². The highest BCUT2D eigenvalue weighted by Crippen LogP contribution is 2.30. The van der Waals surface area contributed by atoms with Crippen LogP contribution in [0.25, 0.3) is 0 Å². The molecule has 1 aromatic carbocycles. The number of rotatable bonds is 3. The van der Waals surface area contributed by atoms with Gasteiger partial charge < -0.3 is 10.2 Å². The molecule has 1 fully saturated rings. The summed E-state index contributed by atoms with van der Waals surface area (Å²) in [6.45, 7) is 0. The van der Waals surface area contributed by atoms with Gasteiger partial charge in [0.15, 0.2) is 0 Å². The van der Waals surface area contributed by atoms with Crippen LogP contribution in [0.4, 0.5) is 0 Å². The zero-order valence-corrected chi connectivity index (χ0v) is 8.39. The monoisotopic (exact) mass is 206 g/mol. The number of aliphatic hydroxyl groups is 1. The first-order valence-corrected chi connectivity index (χ1v) is 5.15. The molecule has 3 nitrogen and oxygen atoms in total. The van der Waals surface area contributed by atoms with Gasteiger partial charge in [-0.2, -0.15) is 0 Å². The Morgan fingerprint density at radius 3 is 2.33 bits per heavy atom. The van der Waals surface area contributed by atoms with Crippen LogP contribution in [0, 0.1) is 5.92 Å². The summed E-state index contributed by atoms with van der Waals surface area (Å²) in [6, 6.07) is 6.97. The van der Waals surface area contributed by atoms with E-state index in [2.05, 4.69) is 0 Å². The van der Waals surface area contributed by atoms with E-state index in [1.807, 2.05) is 12.1 Å². The number of carboxylic acid groups (broad SMARTS) is 1. The average Bonchev–Trinajstić information content (AvgIpc) is 2.16. The molecule has 0 aliphatic heterocycles. The number of hydrogen-bond acceptors (Lipinski definition) is 2. The number of aromatic carboxylic acids is 1. The Labute approximate surface area is 88.4 Å². The van der Waals surface area contributed by atoms with Crippen LogP contribution in [0.2, 0.25) is 0 Å². The second kappa shape index (κ2) is 4.03. The quantitative estimate of drug-likeness (QED) is 0.791. The Hall–Kier alpha value is -1.35. The summed E-state index contributed by atoms with van der Waals surface area (Å²) >= 11 is 0. The average molecular weight is 206 g/mol. The van der Waals surface area contributed by atoms with Gasteiger partial charge in [0.2, 0.25) is 0 Å². The minimum atomic E-state index is -0.888. The lowest BCUT2D eigenvalue weighted by Gasteiger charge is -2.31. The molecule has 0 saturated heterocycles. The van der Waals surface area contributed by atoms with Gasteiger partial charge in [0.25, 0.3) is 0 Å². The zero-order valence-electron chi connectivity index (χ0n) is 8.39. The third-order valence-electron chi connectivity index (χ3n) is 2.94. The fourth-order valence-electron chi connectivity index (χ4n) is 1.98. The number of benzene rings is 1. The predicted molar refractivity (Wildman–Crippen MR) is 55.8 cm³/mol. The van der Waals surface area contributed by atoms with Gasteiger partial charge in [-0.1, -0.05) is 12.1 Å². The molecular weight excluding hydrogens is 192 g/mol. The van der Waals surface area contributed by atoms with Gasteiger partial charge in [-0.25, -0.2) is 4.79 Å². The van der Waals surface area contributed by atoms with Crippen molar-refractivity contribution in [3.63, 3.8) is 0 Å². The Morgan fingerprint density at radius 2 is 1.87 bits per heavy atom. The maximum absolute atomic E-state index is 10.6. The maximum atomic E-state index is 10.6. The molecule has 2 rings (SSSR count). The summed E-state index contributed by atoms with van der Waals surface area (Å²) < 4.78 is 0. The molecular formula is C12H14O3. The van der Waals surface area contributed by atoms with Crippen molar-refractivity contribution in [1.82, 2.24) is 0 Å². The van der Waals surface area contributed by atoms with Crippen molar-refractivity contribution in [3.8, 4) is 0 Å². The van der Waals surface area contributed by atoms with Gasteiger partial charge >= 0.3 is 5.97 Å². The Morgan fingerprint density at radius 1 is 1.27 bits per heavy atom. The molecule has 1 saturated carbocycles. The number of aliphatic hydroxyl groups excluding tert-OH is 1. The molecule has 0 radical (unpaired) electrons. The SMILES string of the molecule is O=C(O)c1ccc(CC2CC(O)C2)cc1. The summed E-state index contributed by atoms with van der Waals surface area (Å²) in [6.07, 6.45) is 2.58. The normalized spacial score (nSPS) is 24.6. The minimum Gasteiger partial charge on any atom is -0.478 e. The molecule has 0 amide bonds. The first kappa shape index (κ1) is 10.2. The third-order valence-corrected chi connectivity index (χ3v) is 2.94. The fraction of sp³-hybridized carbons (Fsp3) is 0.417. The van der Waals surface area contributed by atoms with Crippen molar-refractivity contribution in [2.45, 2.75) is 25.4 Å². The Kier molecular flexibility index (Phi) is 2.73. The van der Waals surface area contributed by atoms with Crippen LogP contribution in [-0.4, -0.2) is 22.3 Å². The second-order valence-corrected chi connectivity index (χ2v) is 4.20. The summed E-state index contributed by atoms with van der Waals surface area (Å²) in [5.74, 6) is -0.323. The molecule has 0 heterocycles. The molecule has 0 unspecified atom stereocenters. The lowest BCUT2D eigenvalue weighted by atomic mass is 9.78. The maximum Gasteiger partial charge on any atom is 0.335 e. The van der Waals surface area contributed by atoms with Gasteiger partial charge in [-0.05, 0) is 42.9 Å². The summed E-state index contributed by atoms with van der Waals surface area (Å²) in [4.78, 5) is 10.6. The van der Waals surface area contributed by atoms with Crippen LogP contribution in [0.1, 0.15) is 28.8 Å². The molecule has 0 atom stereocenters. The second-order valence-electron chi connectivity index (χ2n) is 4.20. The van der Waals surface area contributed by atoms with E-state index in [0.29, 0.717) is 11.5 Å². The molecule has 3 heteroatoms. The highest BCUT2D eigenvalue weighted by molar-refractivity contribution is 5.87. The zero-order chi connectivity index (χ0) is 10.8. The smallest absolute Gasteiger partial charge is 0.335 e. The Bertz CT molecular complexity index is 350. The summed E-state index contributed by atoms with van der Waals surface area (Å²) in [5.41, 5.74) is 1.48. The van der Waals surface area contributed by atoms with Gasteiger partial charge in [0.1, 0.15) is 0 Å². The first-order valence-electron chi connectivity index (χ1n) is 5.15. The highest BCUT2D eigenvalue weighted by atomic mass is 16.4. The van der Waals surface area contributed by atoms with Crippen LogP contribution in [0.15, 0.2) is 24.3 Å². The van der Waals surface area contributed by atoms with E-state index in [0.717, 1.165) is 24.8 Å². The van der Waals surface area contributed by atoms with Crippen molar-refractivity contribution in [1.29, 1.82) is 0 Å². The molecule has 1 aliphatic carbocycles. The third kappa shape index (κ3) is 2.36. The molecule has 0 bridgehead atoms. The number of carboxylic acids is 1. The van der Waals surface area contributed by atoms with E-state index in [1.54, 1.807) is 12.1 Å². The molecule has 15 heavy (non-hydrogen) atoms. The van der Waals surface area contributed by atoms with Gasteiger partial charge in [-0.3, -0.25) is 0 Å². The van der Waals surface area contributed by atoms with E-state index >= 15 is 0 Å². The van der Waals surface area contributed by atoms with Crippen LogP contribution in [-0.2, 0) is 6.42 Å². The molecule has 1 aromatic rings. The van der Waals surface area contributed by atoms with Gasteiger partial charge in [0.05, 0.1) is 11.7 Å². The van der Waals surface area contributed by atoms with Crippen molar-refractivity contribution in [2.24, 2.45) is 5.92 Å². The van der Waals surface area contributed by atoms with Crippen LogP contribution < -0.4 is 0 Å². The van der Waals surface area contributed by atoms with E-state index in [4.69, 9.17) is 10.2 Å². The number of hydrogen-bond donors (Lipinski definition) is 2. The van der Waals surface area contributed by atoms with Crippen LogP contribution >= 0.6 is 0 Å². The summed E-state index contributed by atoms with van der Waals surface area (Å²) in [7, 11) is 0. The van der Waals surface area contributed by atoms with Crippen molar-refractivity contribution in [2.75, 3.05) is 0 Å². The standard InChI is InChI=1S/C12H14O3/c13-11-6-9(7-11)5-8-1-3-10(4-2-8)12(14)15/h1-4,9,11,13H,5-7H2,(H,14,15). The molecule has 1 aliphatic rings. The van der Waals surface area contributed by atoms with E-state index < -0.39 is 5.97 Å². The lowest BCUT2D eigenvalue weighted by Crippen LogP contribution is -2.29. The van der Waals surface area contributed by atoms with E-state index in [1.165, 1.54) is 0 Å². The van der Waals surface area contributed by atoms with Gasteiger partial charge in [-0.15, -0.1) is 0 Å².